The van der Waals surface area contributed by atoms with E-state index < -0.39 is 10.0 Å². The summed E-state index contributed by atoms with van der Waals surface area (Å²) < 4.78 is 24.0. The fourth-order valence-electron chi connectivity index (χ4n) is 1.39. The van der Waals surface area contributed by atoms with E-state index in [0.717, 1.165) is 0 Å². The average Bonchev–Trinajstić information content (AvgIpc) is 2.27. The molecule has 0 radical (unpaired) electrons. The van der Waals surface area contributed by atoms with Crippen molar-refractivity contribution in [2.24, 2.45) is 0 Å². The van der Waals surface area contributed by atoms with Crippen molar-refractivity contribution in [1.82, 2.24) is 14.9 Å². The predicted molar refractivity (Wildman–Crippen MR) is 72.8 cm³/mol. The monoisotopic (exact) mass is 277 g/mol. The first-order valence-corrected chi connectivity index (χ1v) is 7.80. The number of amides is 1. The van der Waals surface area contributed by atoms with Gasteiger partial charge in [0.05, 0.1) is 12.8 Å². The second-order valence-corrected chi connectivity index (χ2v) is 5.86. The number of carbonyl (C=O) groups excluding carboxylic acids is 1. The molecule has 2 N–H and O–H groups in total. The summed E-state index contributed by atoms with van der Waals surface area (Å²) in [5.74, 6) is -0.0979. The zero-order chi connectivity index (χ0) is 14.0. The van der Waals surface area contributed by atoms with Crippen LogP contribution in [0.25, 0.3) is 0 Å². The quantitative estimate of drug-likeness (QED) is 0.419. The first-order valence-electron chi connectivity index (χ1n) is 5.95. The lowest BCUT2D eigenvalue weighted by Gasteiger charge is -2.17. The number of rotatable bonds is 10. The first-order chi connectivity index (χ1) is 8.41. The van der Waals surface area contributed by atoms with Crippen molar-refractivity contribution in [1.29, 1.82) is 0 Å². The van der Waals surface area contributed by atoms with Crippen molar-refractivity contribution in [3.8, 4) is 0 Å². The highest BCUT2D eigenvalue weighted by molar-refractivity contribution is 7.88. The molecule has 18 heavy (non-hydrogen) atoms. The Morgan fingerprint density at radius 3 is 2.61 bits per heavy atom. The number of hydrogen-bond donors (Lipinski definition) is 2. The summed E-state index contributed by atoms with van der Waals surface area (Å²) in [6.45, 7) is 7.50. The fourth-order valence-corrected chi connectivity index (χ4v) is 2.32. The number of carbonyl (C=O) groups is 1. The van der Waals surface area contributed by atoms with E-state index in [1.165, 1.54) is 10.6 Å². The van der Waals surface area contributed by atoms with Crippen LogP contribution in [0.15, 0.2) is 12.7 Å². The lowest BCUT2D eigenvalue weighted by Crippen LogP contribution is -2.36. The Balaban J connectivity index is 3.72. The molecule has 6 nitrogen and oxygen atoms in total. The maximum absolute atomic E-state index is 11.3. The zero-order valence-corrected chi connectivity index (χ0v) is 11.9. The van der Waals surface area contributed by atoms with Crippen molar-refractivity contribution in [2.45, 2.75) is 13.3 Å². The Hall–Kier alpha value is -0.920. The molecule has 106 valence electrons. The molecule has 0 rings (SSSR count). The smallest absolute Gasteiger partial charge is 0.233 e. The van der Waals surface area contributed by atoms with Crippen LogP contribution in [-0.2, 0) is 14.8 Å². The van der Waals surface area contributed by atoms with E-state index in [1.807, 2.05) is 0 Å². The van der Waals surface area contributed by atoms with Crippen molar-refractivity contribution in [3.63, 3.8) is 0 Å². The van der Waals surface area contributed by atoms with Gasteiger partial charge in [-0.25, -0.2) is 12.7 Å². The maximum atomic E-state index is 11.3. The summed E-state index contributed by atoms with van der Waals surface area (Å²) in [6.07, 6.45) is 3.47. The third-order valence-corrected chi connectivity index (χ3v) is 3.68. The van der Waals surface area contributed by atoms with E-state index in [-0.39, 0.29) is 12.5 Å². The molecule has 0 fully saturated rings. The van der Waals surface area contributed by atoms with Crippen molar-refractivity contribution in [3.05, 3.63) is 12.7 Å². The Morgan fingerprint density at radius 2 is 2.11 bits per heavy atom. The minimum absolute atomic E-state index is 0.0979. The van der Waals surface area contributed by atoms with Crippen LogP contribution in [0.3, 0.4) is 0 Å². The van der Waals surface area contributed by atoms with Crippen molar-refractivity contribution >= 4 is 15.9 Å². The molecule has 0 aromatic heterocycles. The number of nitrogens with one attached hydrogen (secondary N) is 2. The van der Waals surface area contributed by atoms with E-state index >= 15 is 0 Å². The number of hydrogen-bond acceptors (Lipinski definition) is 4. The van der Waals surface area contributed by atoms with Crippen LogP contribution in [0.2, 0.25) is 0 Å². The molecule has 0 saturated heterocycles. The molecule has 0 spiro atoms. The normalized spacial score (nSPS) is 11.5. The molecule has 0 aromatic carbocycles. The van der Waals surface area contributed by atoms with Gasteiger partial charge in [-0.2, -0.15) is 0 Å². The summed E-state index contributed by atoms with van der Waals surface area (Å²) in [6, 6.07) is 0. The van der Waals surface area contributed by atoms with Gasteiger partial charge in [-0.3, -0.25) is 4.79 Å². The molecule has 1 amide bonds. The van der Waals surface area contributed by atoms with Gasteiger partial charge in [-0.15, -0.1) is 6.58 Å². The van der Waals surface area contributed by atoms with Crippen LogP contribution < -0.4 is 10.6 Å². The summed E-state index contributed by atoms with van der Waals surface area (Å²) >= 11 is 0. The lowest BCUT2D eigenvalue weighted by molar-refractivity contribution is -0.120. The van der Waals surface area contributed by atoms with Gasteiger partial charge in [-0.05, 0) is 6.42 Å². The van der Waals surface area contributed by atoms with Crippen LogP contribution in [-0.4, -0.2) is 57.6 Å². The lowest BCUT2D eigenvalue weighted by atomic mass is 10.4. The summed E-state index contributed by atoms with van der Waals surface area (Å²) in [5, 5.41) is 5.60. The van der Waals surface area contributed by atoms with Gasteiger partial charge in [0.1, 0.15) is 0 Å². The third-order valence-electron chi connectivity index (χ3n) is 2.30. The van der Waals surface area contributed by atoms with E-state index in [0.29, 0.717) is 32.6 Å². The summed E-state index contributed by atoms with van der Waals surface area (Å²) in [5.41, 5.74) is 0. The van der Waals surface area contributed by atoms with Gasteiger partial charge in [0.15, 0.2) is 0 Å². The Morgan fingerprint density at radius 1 is 1.44 bits per heavy atom. The molecule has 0 aliphatic rings. The van der Waals surface area contributed by atoms with Gasteiger partial charge in [0, 0.05) is 26.2 Å². The van der Waals surface area contributed by atoms with Gasteiger partial charge in [0.25, 0.3) is 0 Å². The molecular weight excluding hydrogens is 254 g/mol. The van der Waals surface area contributed by atoms with Gasteiger partial charge in [-0.1, -0.05) is 13.0 Å². The molecule has 0 aliphatic heterocycles. The molecule has 0 aromatic rings. The van der Waals surface area contributed by atoms with E-state index in [4.69, 9.17) is 0 Å². The second kappa shape index (κ2) is 9.07. The molecule has 0 saturated carbocycles. The second-order valence-electron chi connectivity index (χ2n) is 3.88. The molecule has 0 aliphatic carbocycles. The van der Waals surface area contributed by atoms with Crippen LogP contribution in [0.1, 0.15) is 13.3 Å². The number of sulfonamides is 1. The maximum Gasteiger partial charge on any atom is 0.233 e. The Kier molecular flexibility index (Phi) is 8.61. The Bertz CT molecular complexity index is 355. The van der Waals surface area contributed by atoms with E-state index in [9.17, 15) is 13.2 Å². The van der Waals surface area contributed by atoms with Crippen LogP contribution in [0, 0.1) is 0 Å². The highest BCUT2D eigenvalue weighted by Crippen LogP contribution is 1.97. The minimum atomic E-state index is -3.14. The van der Waals surface area contributed by atoms with E-state index in [2.05, 4.69) is 17.2 Å². The van der Waals surface area contributed by atoms with E-state index in [1.54, 1.807) is 13.0 Å². The van der Waals surface area contributed by atoms with Crippen LogP contribution >= 0.6 is 0 Å². The van der Waals surface area contributed by atoms with Gasteiger partial charge >= 0.3 is 0 Å². The molecular formula is C11H23N3O3S. The van der Waals surface area contributed by atoms with Crippen molar-refractivity contribution in [2.75, 3.05) is 39.0 Å². The molecule has 0 bridgehead atoms. The van der Waals surface area contributed by atoms with Crippen LogP contribution in [0.4, 0.5) is 0 Å². The Labute approximate surface area is 109 Å². The first kappa shape index (κ1) is 17.1. The van der Waals surface area contributed by atoms with Crippen molar-refractivity contribution < 1.29 is 13.2 Å². The SMILES string of the molecule is C=CCNCC(=O)NCCCN(CC)S(C)(=O)=O. The number of nitrogens with zero attached hydrogens (tertiary/aromatic N) is 1. The fraction of sp³-hybridized carbons (Fsp3) is 0.727. The average molecular weight is 277 g/mol. The molecule has 0 atom stereocenters. The topological polar surface area (TPSA) is 78.5 Å². The summed E-state index contributed by atoms with van der Waals surface area (Å²) in [4.78, 5) is 11.3. The van der Waals surface area contributed by atoms with Gasteiger partial charge in [0.2, 0.25) is 15.9 Å². The zero-order valence-electron chi connectivity index (χ0n) is 11.1. The molecule has 0 unspecified atom stereocenters. The minimum Gasteiger partial charge on any atom is -0.355 e. The molecule has 7 heteroatoms. The molecule has 0 heterocycles. The summed E-state index contributed by atoms with van der Waals surface area (Å²) in [7, 11) is -3.14. The highest BCUT2D eigenvalue weighted by Gasteiger charge is 2.13. The largest absolute Gasteiger partial charge is 0.355 e. The highest BCUT2D eigenvalue weighted by atomic mass is 32.2. The predicted octanol–water partition coefficient (Wildman–Crippen LogP) is -0.450. The third kappa shape index (κ3) is 8.21. The van der Waals surface area contributed by atoms with Crippen LogP contribution in [0.5, 0.6) is 0 Å². The standard InChI is InChI=1S/C11H23N3O3S/c1-4-7-12-10-11(15)13-8-6-9-14(5-2)18(3,16)17/h4,12H,1,5-10H2,2-3H3,(H,13,15). The van der Waals surface area contributed by atoms with Gasteiger partial charge < -0.3 is 10.6 Å².